The Morgan fingerprint density at radius 2 is 1.59 bits per heavy atom. The Bertz CT molecular complexity index is 1090. The standard InChI is InChI=1S/C21H18ClNO5S/c22-18-8-4-5-9-20(18)28-16-10-12-17(13-11-16)29(26,27)23-19(21(24)25)14-15-6-2-1-3-7-15/h1-13,19,23H,14H2,(H,24,25)/t19-/m0/s1. The zero-order chi connectivity index (χ0) is 20.9. The van der Waals surface area contributed by atoms with Gasteiger partial charge in [-0.25, -0.2) is 8.42 Å². The van der Waals surface area contributed by atoms with E-state index in [9.17, 15) is 18.3 Å². The van der Waals surface area contributed by atoms with E-state index in [1.807, 2.05) is 0 Å². The van der Waals surface area contributed by atoms with E-state index in [2.05, 4.69) is 4.72 Å². The molecule has 0 spiro atoms. The molecule has 0 unspecified atom stereocenters. The monoisotopic (exact) mass is 431 g/mol. The fourth-order valence-electron chi connectivity index (χ4n) is 2.63. The second-order valence-corrected chi connectivity index (χ2v) is 8.33. The van der Waals surface area contributed by atoms with E-state index in [0.717, 1.165) is 0 Å². The van der Waals surface area contributed by atoms with Crippen LogP contribution in [0, 0.1) is 0 Å². The van der Waals surface area contributed by atoms with Gasteiger partial charge in [0.2, 0.25) is 10.0 Å². The number of halogens is 1. The van der Waals surface area contributed by atoms with Crippen LogP contribution in [0.4, 0.5) is 0 Å². The van der Waals surface area contributed by atoms with Crippen LogP contribution < -0.4 is 9.46 Å². The molecule has 0 heterocycles. The van der Waals surface area contributed by atoms with Gasteiger partial charge >= 0.3 is 5.97 Å². The Morgan fingerprint density at radius 3 is 2.21 bits per heavy atom. The second kappa shape index (κ2) is 9.09. The molecule has 150 valence electrons. The van der Waals surface area contributed by atoms with E-state index in [4.69, 9.17) is 16.3 Å². The van der Waals surface area contributed by atoms with Gasteiger partial charge in [-0.1, -0.05) is 54.1 Å². The number of ether oxygens (including phenoxy) is 1. The van der Waals surface area contributed by atoms with Crippen LogP contribution in [-0.2, 0) is 21.2 Å². The summed E-state index contributed by atoms with van der Waals surface area (Å²) < 4.78 is 33.1. The fraction of sp³-hybridized carbons (Fsp3) is 0.0952. The van der Waals surface area contributed by atoms with Gasteiger partial charge < -0.3 is 9.84 Å². The molecule has 0 aliphatic heterocycles. The highest BCUT2D eigenvalue weighted by Gasteiger charge is 2.25. The van der Waals surface area contributed by atoms with Crippen LogP contribution in [0.15, 0.2) is 83.8 Å². The molecule has 0 fully saturated rings. The lowest BCUT2D eigenvalue weighted by Gasteiger charge is -2.15. The summed E-state index contributed by atoms with van der Waals surface area (Å²) in [6.45, 7) is 0. The van der Waals surface area contributed by atoms with Crippen LogP contribution in [0.2, 0.25) is 5.02 Å². The first-order chi connectivity index (χ1) is 13.8. The van der Waals surface area contributed by atoms with Gasteiger partial charge in [0.1, 0.15) is 17.5 Å². The molecular weight excluding hydrogens is 414 g/mol. The average molecular weight is 432 g/mol. The maximum absolute atomic E-state index is 12.6. The lowest BCUT2D eigenvalue weighted by molar-refractivity contribution is -0.138. The summed E-state index contributed by atoms with van der Waals surface area (Å²) in [5, 5.41) is 9.85. The van der Waals surface area contributed by atoms with Crippen LogP contribution in [0.3, 0.4) is 0 Å². The lowest BCUT2D eigenvalue weighted by Crippen LogP contribution is -2.42. The Labute approximate surface area is 173 Å². The van der Waals surface area contributed by atoms with Crippen molar-refractivity contribution >= 4 is 27.6 Å². The van der Waals surface area contributed by atoms with E-state index in [1.165, 1.54) is 24.3 Å². The van der Waals surface area contributed by atoms with Crippen molar-refractivity contribution in [3.8, 4) is 11.5 Å². The molecule has 0 saturated carbocycles. The molecule has 6 nitrogen and oxygen atoms in total. The minimum absolute atomic E-state index is 0.0309. The van der Waals surface area contributed by atoms with Crippen molar-refractivity contribution in [2.45, 2.75) is 17.4 Å². The van der Waals surface area contributed by atoms with Gasteiger partial charge in [0.15, 0.2) is 0 Å². The second-order valence-electron chi connectivity index (χ2n) is 6.21. The van der Waals surface area contributed by atoms with Gasteiger partial charge in [0, 0.05) is 0 Å². The molecule has 2 N–H and O–H groups in total. The van der Waals surface area contributed by atoms with Crippen molar-refractivity contribution < 1.29 is 23.1 Å². The molecule has 0 aliphatic rings. The number of nitrogens with one attached hydrogen (secondary N) is 1. The molecule has 0 bridgehead atoms. The number of rotatable bonds is 8. The van der Waals surface area contributed by atoms with Crippen LogP contribution in [0.1, 0.15) is 5.56 Å². The quantitative estimate of drug-likeness (QED) is 0.560. The summed E-state index contributed by atoms with van der Waals surface area (Å²) in [4.78, 5) is 11.5. The number of aliphatic carboxylic acids is 1. The number of hydrogen-bond acceptors (Lipinski definition) is 4. The molecule has 0 radical (unpaired) electrons. The topological polar surface area (TPSA) is 92.7 Å². The van der Waals surface area contributed by atoms with E-state index in [0.29, 0.717) is 22.1 Å². The molecule has 0 saturated heterocycles. The molecule has 0 amide bonds. The number of carboxylic acid groups (broad SMARTS) is 1. The number of sulfonamides is 1. The van der Waals surface area contributed by atoms with Gasteiger partial charge in [0.25, 0.3) is 0 Å². The molecule has 0 aliphatic carbocycles. The van der Waals surface area contributed by atoms with Crippen LogP contribution in [0.5, 0.6) is 11.5 Å². The van der Waals surface area contributed by atoms with E-state index in [1.54, 1.807) is 54.6 Å². The molecular formula is C21H18ClNO5S. The first-order valence-electron chi connectivity index (χ1n) is 8.67. The fourth-order valence-corrected chi connectivity index (χ4v) is 3.99. The predicted octanol–water partition coefficient (Wildman–Crippen LogP) is 4.11. The Hall–Kier alpha value is -2.87. The first kappa shape index (κ1) is 20.9. The highest BCUT2D eigenvalue weighted by atomic mass is 35.5. The van der Waals surface area contributed by atoms with Gasteiger partial charge in [0.05, 0.1) is 9.92 Å². The number of para-hydroxylation sites is 1. The molecule has 3 aromatic rings. The summed E-state index contributed by atoms with van der Waals surface area (Å²) in [6.07, 6.45) is 0.0309. The number of benzene rings is 3. The number of hydrogen-bond donors (Lipinski definition) is 2. The van der Waals surface area contributed by atoms with Crippen molar-refractivity contribution in [2.75, 3.05) is 0 Å². The molecule has 29 heavy (non-hydrogen) atoms. The average Bonchev–Trinajstić information content (AvgIpc) is 2.70. The third-order valence-electron chi connectivity index (χ3n) is 4.08. The summed E-state index contributed by atoms with van der Waals surface area (Å²) in [7, 11) is -4.03. The Morgan fingerprint density at radius 1 is 0.966 bits per heavy atom. The lowest BCUT2D eigenvalue weighted by atomic mass is 10.1. The third-order valence-corrected chi connectivity index (χ3v) is 5.88. The van der Waals surface area contributed by atoms with Crippen LogP contribution in [-0.4, -0.2) is 25.5 Å². The number of carboxylic acids is 1. The zero-order valence-electron chi connectivity index (χ0n) is 15.2. The minimum Gasteiger partial charge on any atom is -0.480 e. The third kappa shape index (κ3) is 5.57. The highest BCUT2D eigenvalue weighted by molar-refractivity contribution is 7.89. The van der Waals surface area contributed by atoms with E-state index < -0.39 is 22.0 Å². The molecule has 0 aromatic heterocycles. The SMILES string of the molecule is O=C(O)[C@H](Cc1ccccc1)NS(=O)(=O)c1ccc(Oc2ccccc2Cl)cc1. The zero-order valence-corrected chi connectivity index (χ0v) is 16.7. The maximum atomic E-state index is 12.6. The van der Waals surface area contributed by atoms with Crippen molar-refractivity contribution in [1.82, 2.24) is 4.72 Å². The van der Waals surface area contributed by atoms with Crippen LogP contribution in [0.25, 0.3) is 0 Å². The van der Waals surface area contributed by atoms with Crippen molar-refractivity contribution in [3.63, 3.8) is 0 Å². The van der Waals surface area contributed by atoms with Crippen molar-refractivity contribution in [1.29, 1.82) is 0 Å². The predicted molar refractivity (Wildman–Crippen MR) is 110 cm³/mol. The summed E-state index contributed by atoms with van der Waals surface area (Å²) >= 11 is 6.04. The summed E-state index contributed by atoms with van der Waals surface area (Å²) in [6, 6.07) is 20.1. The van der Waals surface area contributed by atoms with Crippen molar-refractivity contribution in [3.05, 3.63) is 89.4 Å². The Balaban J connectivity index is 1.74. The van der Waals surface area contributed by atoms with Gasteiger partial charge in [-0.15, -0.1) is 0 Å². The highest BCUT2D eigenvalue weighted by Crippen LogP contribution is 2.29. The smallest absolute Gasteiger partial charge is 0.322 e. The summed E-state index contributed by atoms with van der Waals surface area (Å²) in [5.41, 5.74) is 0.714. The maximum Gasteiger partial charge on any atom is 0.322 e. The normalized spacial score (nSPS) is 12.3. The molecule has 1 atom stereocenters. The van der Waals surface area contributed by atoms with Gasteiger partial charge in [-0.05, 0) is 48.4 Å². The van der Waals surface area contributed by atoms with Crippen LogP contribution >= 0.6 is 11.6 Å². The minimum atomic E-state index is -4.03. The molecule has 8 heteroatoms. The first-order valence-corrected chi connectivity index (χ1v) is 10.5. The molecule has 3 aromatic carbocycles. The number of carbonyl (C=O) groups is 1. The van der Waals surface area contributed by atoms with Crippen molar-refractivity contribution in [2.24, 2.45) is 0 Å². The summed E-state index contributed by atoms with van der Waals surface area (Å²) in [5.74, 6) is -0.413. The van der Waals surface area contributed by atoms with Gasteiger partial charge in [-0.2, -0.15) is 4.72 Å². The molecule has 3 rings (SSSR count). The largest absolute Gasteiger partial charge is 0.480 e. The van der Waals surface area contributed by atoms with E-state index in [-0.39, 0.29) is 11.3 Å². The Kier molecular flexibility index (Phi) is 6.53. The van der Waals surface area contributed by atoms with E-state index >= 15 is 0 Å². The van der Waals surface area contributed by atoms with Gasteiger partial charge in [-0.3, -0.25) is 4.79 Å².